The van der Waals surface area contributed by atoms with Gasteiger partial charge in [0.15, 0.2) is 0 Å². The van der Waals surface area contributed by atoms with Crippen molar-refractivity contribution < 1.29 is 0 Å². The zero-order valence-electron chi connectivity index (χ0n) is 8.47. The highest BCUT2D eigenvalue weighted by Crippen LogP contribution is 2.39. The molecule has 1 fully saturated rings. The second-order valence-electron chi connectivity index (χ2n) is 3.98. The third-order valence-electron chi connectivity index (χ3n) is 2.57. The molecular formula is C10H14ClN3. The maximum Gasteiger partial charge on any atom is 0.148 e. The van der Waals surface area contributed by atoms with Gasteiger partial charge in [-0.3, -0.25) is 4.98 Å². The lowest BCUT2D eigenvalue weighted by Gasteiger charge is -2.16. The van der Waals surface area contributed by atoms with Crippen molar-refractivity contribution in [2.24, 2.45) is 0 Å². The molecule has 3 nitrogen and oxygen atoms in total. The largest absolute Gasteiger partial charge is 0.362 e. The first-order valence-corrected chi connectivity index (χ1v) is 5.33. The fourth-order valence-corrected chi connectivity index (χ4v) is 1.68. The highest BCUT2D eigenvalue weighted by molar-refractivity contribution is 6.19. The smallest absolute Gasteiger partial charge is 0.148 e. The number of aromatic nitrogens is 2. The number of nitrogens with one attached hydrogen (secondary N) is 1. The van der Waals surface area contributed by atoms with Crippen molar-refractivity contribution in [2.45, 2.75) is 32.2 Å². The molecule has 1 aromatic rings. The predicted octanol–water partition coefficient (Wildman–Crippen LogP) is 2.28. The number of rotatable bonds is 3. The fourth-order valence-electron chi connectivity index (χ4n) is 1.35. The summed E-state index contributed by atoms with van der Waals surface area (Å²) in [6.07, 6.45) is 4.04. The second kappa shape index (κ2) is 3.39. The number of anilines is 1. The van der Waals surface area contributed by atoms with E-state index in [-0.39, 0.29) is 5.54 Å². The molecule has 2 rings (SSSR count). The summed E-state index contributed by atoms with van der Waals surface area (Å²) >= 11 is 5.89. The summed E-state index contributed by atoms with van der Waals surface area (Å²) in [5.41, 5.74) is 1.96. The Labute approximate surface area is 88.9 Å². The van der Waals surface area contributed by atoms with Gasteiger partial charge in [-0.05, 0) is 26.7 Å². The van der Waals surface area contributed by atoms with E-state index in [1.54, 1.807) is 6.20 Å². The van der Waals surface area contributed by atoms with Crippen molar-refractivity contribution in [3.05, 3.63) is 17.6 Å². The molecule has 76 valence electrons. The van der Waals surface area contributed by atoms with Crippen LogP contribution >= 0.6 is 11.6 Å². The minimum atomic E-state index is 0.0921. The number of nitrogens with zero attached hydrogens (tertiary/aromatic N) is 2. The van der Waals surface area contributed by atoms with Crippen LogP contribution in [0.5, 0.6) is 0 Å². The molecule has 0 amide bonds. The van der Waals surface area contributed by atoms with E-state index >= 15 is 0 Å². The summed E-state index contributed by atoms with van der Waals surface area (Å²) in [6.45, 7) is 3.90. The minimum Gasteiger partial charge on any atom is -0.362 e. The molecule has 1 aromatic heterocycles. The van der Waals surface area contributed by atoms with E-state index in [1.807, 2.05) is 13.8 Å². The molecular weight excluding hydrogens is 198 g/mol. The fraction of sp³-hybridized carbons (Fsp3) is 0.600. The third kappa shape index (κ3) is 1.82. The van der Waals surface area contributed by atoms with Crippen molar-refractivity contribution >= 4 is 17.4 Å². The Balaban J connectivity index is 2.20. The molecule has 0 spiro atoms. The van der Waals surface area contributed by atoms with Crippen LogP contribution in [0.2, 0.25) is 0 Å². The lowest BCUT2D eigenvalue weighted by molar-refractivity contribution is 0.820. The van der Waals surface area contributed by atoms with E-state index in [0.29, 0.717) is 5.88 Å². The molecule has 0 aromatic carbocycles. The first-order chi connectivity index (χ1) is 6.65. The Kier molecular flexibility index (Phi) is 2.35. The van der Waals surface area contributed by atoms with E-state index in [1.165, 1.54) is 0 Å². The normalized spacial score (nSPS) is 17.9. The first-order valence-electron chi connectivity index (χ1n) is 4.80. The standard InChI is InChI=1S/C10H14ClN3/c1-7-5-12-8(2)9(13-7)14-10(6-11)3-4-10/h5H,3-4,6H2,1-2H3,(H,13,14). The van der Waals surface area contributed by atoms with Gasteiger partial charge in [0.25, 0.3) is 0 Å². The van der Waals surface area contributed by atoms with Crippen LogP contribution in [-0.4, -0.2) is 21.4 Å². The zero-order valence-corrected chi connectivity index (χ0v) is 9.23. The van der Waals surface area contributed by atoms with E-state index in [2.05, 4.69) is 15.3 Å². The van der Waals surface area contributed by atoms with Crippen molar-refractivity contribution in [3.8, 4) is 0 Å². The highest BCUT2D eigenvalue weighted by atomic mass is 35.5. The third-order valence-corrected chi connectivity index (χ3v) is 3.08. The molecule has 0 saturated heterocycles. The van der Waals surface area contributed by atoms with Gasteiger partial charge in [0, 0.05) is 12.1 Å². The molecule has 14 heavy (non-hydrogen) atoms. The number of hydrogen-bond acceptors (Lipinski definition) is 3. The molecule has 1 saturated carbocycles. The molecule has 0 aliphatic heterocycles. The molecule has 1 N–H and O–H groups in total. The maximum atomic E-state index is 5.89. The van der Waals surface area contributed by atoms with E-state index in [9.17, 15) is 0 Å². The Hall–Kier alpha value is -0.830. The van der Waals surface area contributed by atoms with Gasteiger partial charge < -0.3 is 5.32 Å². The Bertz CT molecular complexity index is 347. The second-order valence-corrected chi connectivity index (χ2v) is 4.25. The topological polar surface area (TPSA) is 37.8 Å². The molecule has 1 aliphatic carbocycles. The van der Waals surface area contributed by atoms with Gasteiger partial charge in [-0.1, -0.05) is 0 Å². The Morgan fingerprint density at radius 1 is 1.50 bits per heavy atom. The molecule has 0 atom stereocenters. The van der Waals surface area contributed by atoms with Crippen molar-refractivity contribution in [1.82, 2.24) is 9.97 Å². The van der Waals surface area contributed by atoms with Crippen LogP contribution in [0, 0.1) is 13.8 Å². The van der Waals surface area contributed by atoms with E-state index in [0.717, 1.165) is 30.0 Å². The summed E-state index contributed by atoms with van der Waals surface area (Å²) < 4.78 is 0. The number of hydrogen-bond donors (Lipinski definition) is 1. The quantitative estimate of drug-likeness (QED) is 0.780. The van der Waals surface area contributed by atoms with Gasteiger partial charge in [0.2, 0.25) is 0 Å². The van der Waals surface area contributed by atoms with Crippen LogP contribution in [0.15, 0.2) is 6.20 Å². The molecule has 1 aliphatic rings. The van der Waals surface area contributed by atoms with Crippen LogP contribution in [0.4, 0.5) is 5.82 Å². The minimum absolute atomic E-state index is 0.0921. The summed E-state index contributed by atoms with van der Waals surface area (Å²) in [5, 5.41) is 3.38. The van der Waals surface area contributed by atoms with Gasteiger partial charge in [-0.15, -0.1) is 11.6 Å². The van der Waals surface area contributed by atoms with Crippen LogP contribution in [-0.2, 0) is 0 Å². The molecule has 0 unspecified atom stereocenters. The van der Waals surface area contributed by atoms with Crippen molar-refractivity contribution in [2.75, 3.05) is 11.2 Å². The summed E-state index contributed by atoms with van der Waals surface area (Å²) in [4.78, 5) is 8.67. The molecule has 1 heterocycles. The average Bonchev–Trinajstić information content (AvgIpc) is 2.92. The summed E-state index contributed by atoms with van der Waals surface area (Å²) in [5.74, 6) is 1.52. The average molecular weight is 212 g/mol. The van der Waals surface area contributed by atoms with E-state index in [4.69, 9.17) is 11.6 Å². The lowest BCUT2D eigenvalue weighted by Crippen LogP contribution is -2.24. The van der Waals surface area contributed by atoms with Gasteiger partial charge >= 0.3 is 0 Å². The van der Waals surface area contributed by atoms with Crippen LogP contribution < -0.4 is 5.32 Å². The van der Waals surface area contributed by atoms with Crippen LogP contribution in [0.1, 0.15) is 24.2 Å². The maximum absolute atomic E-state index is 5.89. The monoisotopic (exact) mass is 211 g/mol. The SMILES string of the molecule is Cc1cnc(C)c(NC2(CCl)CC2)n1. The summed E-state index contributed by atoms with van der Waals surface area (Å²) in [7, 11) is 0. The number of alkyl halides is 1. The Morgan fingerprint density at radius 2 is 2.21 bits per heavy atom. The van der Waals surface area contributed by atoms with Gasteiger partial charge in [-0.2, -0.15) is 0 Å². The summed E-state index contributed by atoms with van der Waals surface area (Å²) in [6, 6.07) is 0. The van der Waals surface area contributed by atoms with Gasteiger partial charge in [0.1, 0.15) is 5.82 Å². The van der Waals surface area contributed by atoms with Gasteiger partial charge in [0.05, 0.1) is 16.9 Å². The van der Waals surface area contributed by atoms with Crippen molar-refractivity contribution in [3.63, 3.8) is 0 Å². The lowest BCUT2D eigenvalue weighted by atomic mass is 10.3. The Morgan fingerprint density at radius 3 is 2.79 bits per heavy atom. The first kappa shape index (κ1) is 9.71. The van der Waals surface area contributed by atoms with Crippen LogP contribution in [0.25, 0.3) is 0 Å². The predicted molar refractivity (Wildman–Crippen MR) is 57.8 cm³/mol. The van der Waals surface area contributed by atoms with E-state index < -0.39 is 0 Å². The van der Waals surface area contributed by atoms with Crippen molar-refractivity contribution in [1.29, 1.82) is 0 Å². The van der Waals surface area contributed by atoms with Gasteiger partial charge in [-0.25, -0.2) is 4.98 Å². The molecule has 0 bridgehead atoms. The molecule has 0 radical (unpaired) electrons. The zero-order chi connectivity index (χ0) is 10.2. The number of aryl methyl sites for hydroxylation is 2. The highest BCUT2D eigenvalue weighted by Gasteiger charge is 2.42. The van der Waals surface area contributed by atoms with Crippen LogP contribution in [0.3, 0.4) is 0 Å². The number of halogens is 1. The molecule has 4 heteroatoms.